The summed E-state index contributed by atoms with van der Waals surface area (Å²) in [6.45, 7) is 11.8. The van der Waals surface area contributed by atoms with E-state index in [1.54, 1.807) is 28.4 Å². The highest BCUT2D eigenvalue weighted by Crippen LogP contribution is 2.37. The minimum Gasteiger partial charge on any atom is -0.497 e. The highest BCUT2D eigenvalue weighted by molar-refractivity contribution is 5.32. The summed E-state index contributed by atoms with van der Waals surface area (Å²) in [7, 11) is 6.93. The maximum absolute atomic E-state index is 9.75. The molecule has 1 saturated heterocycles. The second-order valence-electron chi connectivity index (χ2n) is 25.0. The van der Waals surface area contributed by atoms with Gasteiger partial charge in [-0.3, -0.25) is 0 Å². The SMILES string of the molecule is COc1ccc(C[N+](CCCCCCO)(Cc2ccc(OC)cc2)C[C@@H]2OC(C)(C)O[C@H]2C[N+](CCCCCCCc2ccc(OCc3ccc(C4CCCCCCCC4)cc3)cc2)(Cc2ccc(OC)cc2)Cc2ccc(OC)cc2)cc1. The standard InChI is InChI=1S/C74H102N2O8/c1-74(2)83-72(73(84-74)57-76(50-20-14-15-21-51-77,54-62-33-43-69(80-5)44-34-62)55-63-35-45-70(81-6)46-36-63)56-75(52-60-29-39-67(78-3)40-30-60,53-61-31-41-68(79-4)42-32-61)49-19-13-9-10-16-22-59-27-47-71(48-28-59)82-58-64-25-37-66(38-26-64)65-23-17-11-7-8-12-18-24-65/h25-48,65,72-73,77H,7-24,49-58H2,1-6H3/q+2/t72-,73-/m0/s1. The molecule has 0 aromatic heterocycles. The molecule has 84 heavy (non-hydrogen) atoms. The van der Waals surface area contributed by atoms with Gasteiger partial charge >= 0.3 is 0 Å². The van der Waals surface area contributed by atoms with Crippen molar-refractivity contribution in [2.45, 2.75) is 186 Å². The number of aryl methyl sites for hydroxylation is 1. The number of ether oxygens (including phenoxy) is 7. The lowest BCUT2D eigenvalue weighted by atomic mass is 9.89. The molecule has 6 aromatic carbocycles. The first-order chi connectivity index (χ1) is 41.0. The first-order valence-electron chi connectivity index (χ1n) is 32.0. The Kier molecular flexibility index (Phi) is 25.3. The van der Waals surface area contributed by atoms with E-state index in [2.05, 4.69) is 159 Å². The Bertz CT molecular complexity index is 2660. The Labute approximate surface area is 505 Å². The summed E-state index contributed by atoms with van der Waals surface area (Å²) in [5.41, 5.74) is 9.15. The van der Waals surface area contributed by atoms with Gasteiger partial charge in [-0.25, -0.2) is 0 Å². The molecule has 2 aliphatic rings. The van der Waals surface area contributed by atoms with Gasteiger partial charge in [0.05, 0.1) is 41.5 Å². The highest BCUT2D eigenvalue weighted by atomic mass is 16.8. The van der Waals surface area contributed by atoms with Gasteiger partial charge < -0.3 is 47.2 Å². The van der Waals surface area contributed by atoms with Crippen molar-refractivity contribution in [1.82, 2.24) is 0 Å². The minimum atomic E-state index is -0.783. The van der Waals surface area contributed by atoms with Crippen molar-refractivity contribution in [3.8, 4) is 28.7 Å². The molecule has 454 valence electrons. The lowest BCUT2D eigenvalue weighted by Gasteiger charge is -2.44. The lowest BCUT2D eigenvalue weighted by Crippen LogP contribution is -2.57. The van der Waals surface area contributed by atoms with Crippen LogP contribution in [0.3, 0.4) is 0 Å². The molecule has 0 bridgehead atoms. The van der Waals surface area contributed by atoms with Crippen LogP contribution in [0.2, 0.25) is 0 Å². The van der Waals surface area contributed by atoms with Crippen LogP contribution in [-0.2, 0) is 48.7 Å². The predicted octanol–water partition coefficient (Wildman–Crippen LogP) is 16.5. The third kappa shape index (κ3) is 20.4. The number of unbranched alkanes of at least 4 members (excludes halogenated alkanes) is 7. The van der Waals surface area contributed by atoms with Crippen LogP contribution in [0, 0.1) is 0 Å². The Balaban J connectivity index is 0.975. The summed E-state index contributed by atoms with van der Waals surface area (Å²) >= 11 is 0. The van der Waals surface area contributed by atoms with Crippen LogP contribution in [0.15, 0.2) is 146 Å². The van der Waals surface area contributed by atoms with Gasteiger partial charge in [-0.15, -0.1) is 0 Å². The molecular formula is C74H102N2O8+2. The molecule has 0 amide bonds. The van der Waals surface area contributed by atoms with E-state index in [-0.39, 0.29) is 18.8 Å². The zero-order chi connectivity index (χ0) is 58.9. The highest BCUT2D eigenvalue weighted by Gasteiger charge is 2.50. The van der Waals surface area contributed by atoms with E-state index in [1.807, 2.05) is 0 Å². The number of aliphatic hydroxyl groups excluding tert-OH is 1. The average molecular weight is 1150 g/mol. The van der Waals surface area contributed by atoms with Crippen molar-refractivity contribution < 1.29 is 47.2 Å². The van der Waals surface area contributed by atoms with E-state index in [0.29, 0.717) is 12.5 Å². The summed E-state index contributed by atoms with van der Waals surface area (Å²) < 4.78 is 45.0. The maximum Gasteiger partial charge on any atom is 0.164 e. The average Bonchev–Trinajstić information content (AvgIpc) is 3.27. The molecule has 1 heterocycles. The number of aliphatic hydroxyl groups is 1. The number of rotatable bonds is 34. The summed E-state index contributed by atoms with van der Waals surface area (Å²) in [4.78, 5) is 0. The van der Waals surface area contributed by atoms with Crippen LogP contribution < -0.4 is 23.7 Å². The van der Waals surface area contributed by atoms with Gasteiger partial charge in [0.25, 0.3) is 0 Å². The quantitative estimate of drug-likeness (QED) is 0.0316. The minimum absolute atomic E-state index is 0.191. The summed E-state index contributed by atoms with van der Waals surface area (Å²) in [5, 5.41) is 9.75. The predicted molar refractivity (Wildman–Crippen MR) is 340 cm³/mol. The zero-order valence-corrected chi connectivity index (χ0v) is 52.1. The van der Waals surface area contributed by atoms with E-state index < -0.39 is 5.79 Å². The fourth-order valence-electron chi connectivity index (χ4n) is 13.3. The molecule has 1 aliphatic carbocycles. The second kappa shape index (κ2) is 33.1. The molecule has 1 aliphatic heterocycles. The molecule has 2 fully saturated rings. The largest absolute Gasteiger partial charge is 0.497 e. The van der Waals surface area contributed by atoms with Gasteiger partial charge in [0.15, 0.2) is 5.79 Å². The Hall–Kier alpha value is -5.88. The molecule has 2 atom stereocenters. The van der Waals surface area contributed by atoms with Crippen molar-refractivity contribution in [2.24, 2.45) is 0 Å². The molecular weight excluding hydrogens is 1040 g/mol. The monoisotopic (exact) mass is 1150 g/mol. The number of nitrogens with zero attached hydrogens (tertiary/aromatic N) is 2. The number of hydrogen-bond acceptors (Lipinski definition) is 8. The van der Waals surface area contributed by atoms with Crippen molar-refractivity contribution in [3.05, 3.63) is 185 Å². The molecule has 0 unspecified atom stereocenters. The Morgan fingerprint density at radius 2 is 0.750 bits per heavy atom. The maximum atomic E-state index is 9.75. The van der Waals surface area contributed by atoms with E-state index in [4.69, 9.17) is 33.2 Å². The van der Waals surface area contributed by atoms with Crippen LogP contribution in [0.1, 0.15) is 168 Å². The van der Waals surface area contributed by atoms with Gasteiger partial charge in [-0.05, 0) is 203 Å². The number of hydrogen-bond donors (Lipinski definition) is 1. The molecule has 8 rings (SSSR count). The molecule has 10 heteroatoms. The lowest BCUT2D eigenvalue weighted by molar-refractivity contribution is -0.962. The Morgan fingerprint density at radius 1 is 0.405 bits per heavy atom. The molecule has 0 spiro atoms. The third-order valence-electron chi connectivity index (χ3n) is 17.9. The smallest absolute Gasteiger partial charge is 0.164 e. The van der Waals surface area contributed by atoms with Crippen molar-refractivity contribution in [3.63, 3.8) is 0 Å². The third-order valence-corrected chi connectivity index (χ3v) is 17.9. The molecule has 0 radical (unpaired) electrons. The van der Waals surface area contributed by atoms with Crippen molar-refractivity contribution in [1.29, 1.82) is 0 Å². The van der Waals surface area contributed by atoms with E-state index >= 15 is 0 Å². The first kappa shape index (κ1) is 64.1. The first-order valence-corrected chi connectivity index (χ1v) is 32.0. The van der Waals surface area contributed by atoms with Gasteiger partial charge in [-0.1, -0.05) is 94.2 Å². The second-order valence-corrected chi connectivity index (χ2v) is 25.0. The molecule has 1 N–H and O–H groups in total. The number of methoxy groups -OCH3 is 4. The summed E-state index contributed by atoms with van der Waals surface area (Å²) in [6.07, 6.45) is 21.3. The van der Waals surface area contributed by atoms with Gasteiger partial charge in [0.2, 0.25) is 0 Å². The van der Waals surface area contributed by atoms with Crippen LogP contribution in [-0.4, -0.2) is 93.3 Å². The van der Waals surface area contributed by atoms with Crippen molar-refractivity contribution in [2.75, 3.05) is 61.2 Å². The molecule has 6 aromatic rings. The van der Waals surface area contributed by atoms with E-state index in [9.17, 15) is 5.11 Å². The van der Waals surface area contributed by atoms with Crippen molar-refractivity contribution >= 4 is 0 Å². The fourth-order valence-corrected chi connectivity index (χ4v) is 13.3. The number of benzene rings is 6. The zero-order valence-electron chi connectivity index (χ0n) is 52.1. The normalized spacial score (nSPS) is 16.8. The summed E-state index contributed by atoms with van der Waals surface area (Å²) in [5.74, 6) is 4.26. The topological polar surface area (TPSA) is 84.8 Å². The molecule has 10 nitrogen and oxygen atoms in total. The van der Waals surface area contributed by atoms with E-state index in [0.717, 1.165) is 141 Å². The van der Waals surface area contributed by atoms with Crippen LogP contribution in [0.25, 0.3) is 0 Å². The van der Waals surface area contributed by atoms with Crippen LogP contribution in [0.4, 0.5) is 0 Å². The molecule has 1 saturated carbocycles. The Morgan fingerprint density at radius 3 is 1.15 bits per heavy atom. The van der Waals surface area contributed by atoms with Gasteiger partial charge in [0, 0.05) is 28.9 Å². The van der Waals surface area contributed by atoms with E-state index in [1.165, 1.54) is 103 Å². The van der Waals surface area contributed by atoms with Gasteiger partial charge in [0.1, 0.15) is 86.8 Å². The fraction of sp³-hybridized carbons (Fsp3) is 0.514. The van der Waals surface area contributed by atoms with Crippen LogP contribution >= 0.6 is 0 Å². The summed E-state index contributed by atoms with van der Waals surface area (Å²) in [6, 6.07) is 52.6. The van der Waals surface area contributed by atoms with Crippen LogP contribution in [0.5, 0.6) is 28.7 Å². The number of quaternary nitrogens is 2. The van der Waals surface area contributed by atoms with Gasteiger partial charge in [-0.2, -0.15) is 0 Å².